The van der Waals surface area contributed by atoms with E-state index in [2.05, 4.69) is 16.3 Å². The van der Waals surface area contributed by atoms with Crippen molar-refractivity contribution in [1.29, 1.82) is 0 Å². The zero-order valence-electron chi connectivity index (χ0n) is 13.9. The largest absolute Gasteiger partial charge is 0.322 e. The highest BCUT2D eigenvalue weighted by Crippen LogP contribution is 2.36. The van der Waals surface area contributed by atoms with Gasteiger partial charge in [0.25, 0.3) is 0 Å². The molecule has 0 aliphatic carbocycles. The summed E-state index contributed by atoms with van der Waals surface area (Å²) >= 11 is 7.42. The molecule has 1 saturated heterocycles. The highest BCUT2D eigenvalue weighted by molar-refractivity contribution is 7.18. The maximum atomic E-state index is 13.9. The minimum atomic E-state index is -0.532. The molecule has 0 unspecified atom stereocenters. The summed E-state index contributed by atoms with van der Waals surface area (Å²) in [5.41, 5.74) is 1.14. The number of benzene rings is 2. The number of thiazole rings is 1. The highest BCUT2D eigenvalue weighted by atomic mass is 35.5. The maximum absolute atomic E-state index is 13.9. The molecule has 4 nitrogen and oxygen atoms in total. The Labute approximate surface area is 159 Å². The van der Waals surface area contributed by atoms with Crippen molar-refractivity contribution in [2.75, 3.05) is 18.4 Å². The first-order valence-corrected chi connectivity index (χ1v) is 9.64. The highest BCUT2D eigenvalue weighted by Gasteiger charge is 2.30. The van der Waals surface area contributed by atoms with E-state index in [0.717, 1.165) is 34.6 Å². The number of rotatable bonds is 4. The summed E-state index contributed by atoms with van der Waals surface area (Å²) in [6, 6.07) is 12.4. The molecule has 1 atom stereocenters. The molecular weight excluding hydrogens is 373 g/mol. The Hall–Kier alpha value is -2.02. The van der Waals surface area contributed by atoms with E-state index in [1.54, 1.807) is 17.4 Å². The summed E-state index contributed by atoms with van der Waals surface area (Å²) in [7, 11) is 0. The quantitative estimate of drug-likeness (QED) is 0.692. The lowest BCUT2D eigenvalue weighted by molar-refractivity contribution is -0.117. The lowest BCUT2D eigenvalue weighted by Gasteiger charge is -2.22. The van der Waals surface area contributed by atoms with Crippen molar-refractivity contribution >= 4 is 44.7 Å². The number of carbonyl (C=O) groups is 1. The van der Waals surface area contributed by atoms with Crippen LogP contribution in [0.3, 0.4) is 0 Å². The van der Waals surface area contributed by atoms with E-state index in [0.29, 0.717) is 5.02 Å². The molecule has 1 aliphatic rings. The number of hydrogen-bond donors (Lipinski definition) is 1. The van der Waals surface area contributed by atoms with Crippen molar-refractivity contribution in [2.24, 2.45) is 0 Å². The van der Waals surface area contributed by atoms with Crippen LogP contribution in [-0.4, -0.2) is 28.9 Å². The Morgan fingerprint density at radius 3 is 3.00 bits per heavy atom. The zero-order chi connectivity index (χ0) is 18.1. The van der Waals surface area contributed by atoms with Crippen molar-refractivity contribution in [2.45, 2.75) is 18.9 Å². The number of nitrogens with one attached hydrogen (secondary N) is 1. The molecule has 1 N–H and O–H groups in total. The van der Waals surface area contributed by atoms with Crippen LogP contribution < -0.4 is 5.32 Å². The molecule has 3 aromatic rings. The monoisotopic (exact) mass is 389 g/mol. The number of anilines is 1. The van der Waals surface area contributed by atoms with Gasteiger partial charge in [-0.05, 0) is 49.7 Å². The third kappa shape index (κ3) is 3.58. The van der Waals surface area contributed by atoms with Gasteiger partial charge in [-0.3, -0.25) is 9.69 Å². The van der Waals surface area contributed by atoms with E-state index in [1.165, 1.54) is 12.1 Å². The maximum Gasteiger partial charge on any atom is 0.238 e. The molecule has 2 aromatic carbocycles. The fraction of sp³-hybridized carbons (Fsp3) is 0.263. The van der Waals surface area contributed by atoms with Gasteiger partial charge in [-0.2, -0.15) is 0 Å². The van der Waals surface area contributed by atoms with E-state index >= 15 is 0 Å². The fourth-order valence-corrected chi connectivity index (χ4v) is 4.59. The number of aromatic nitrogens is 1. The predicted molar refractivity (Wildman–Crippen MR) is 103 cm³/mol. The second-order valence-electron chi connectivity index (χ2n) is 6.32. The van der Waals surface area contributed by atoms with Gasteiger partial charge in [-0.25, -0.2) is 9.37 Å². The van der Waals surface area contributed by atoms with Gasteiger partial charge in [0.15, 0.2) is 0 Å². The van der Waals surface area contributed by atoms with Gasteiger partial charge in [0.05, 0.1) is 28.5 Å². The molecule has 1 fully saturated rings. The van der Waals surface area contributed by atoms with Crippen LogP contribution in [0.4, 0.5) is 10.1 Å². The minimum Gasteiger partial charge on any atom is -0.322 e. The van der Waals surface area contributed by atoms with Gasteiger partial charge in [-0.15, -0.1) is 11.3 Å². The molecule has 7 heteroatoms. The number of carbonyl (C=O) groups excluding carboxylic acids is 1. The smallest absolute Gasteiger partial charge is 0.238 e. The molecule has 0 spiro atoms. The van der Waals surface area contributed by atoms with Crippen molar-refractivity contribution in [3.63, 3.8) is 0 Å². The molecule has 0 radical (unpaired) electrons. The lowest BCUT2D eigenvalue weighted by Crippen LogP contribution is -2.33. The van der Waals surface area contributed by atoms with Crippen molar-refractivity contribution < 1.29 is 9.18 Å². The summed E-state index contributed by atoms with van der Waals surface area (Å²) in [6.45, 7) is 1.04. The Morgan fingerprint density at radius 1 is 1.35 bits per heavy atom. The van der Waals surface area contributed by atoms with Gasteiger partial charge in [-0.1, -0.05) is 23.7 Å². The van der Waals surface area contributed by atoms with E-state index in [4.69, 9.17) is 16.6 Å². The van der Waals surface area contributed by atoms with Crippen LogP contribution in [0.15, 0.2) is 42.5 Å². The Balaban J connectivity index is 1.47. The average molecular weight is 390 g/mol. The van der Waals surface area contributed by atoms with E-state index < -0.39 is 5.82 Å². The summed E-state index contributed by atoms with van der Waals surface area (Å²) < 4.78 is 15.0. The van der Waals surface area contributed by atoms with Crippen molar-refractivity contribution in [3.8, 4) is 0 Å². The molecular formula is C19H17ClFN3OS. The van der Waals surface area contributed by atoms with Gasteiger partial charge < -0.3 is 5.32 Å². The first-order valence-electron chi connectivity index (χ1n) is 8.44. The number of amides is 1. The molecule has 4 rings (SSSR count). The van der Waals surface area contributed by atoms with Gasteiger partial charge in [0.1, 0.15) is 10.8 Å². The summed E-state index contributed by atoms with van der Waals surface area (Å²) in [5, 5.41) is 3.97. The standard InChI is InChI=1S/C19H17ClFN3OS/c20-12-7-8-14(13(21)10-12)22-18(25)11-24-9-3-5-16(24)19-23-15-4-1-2-6-17(15)26-19/h1-2,4,6-8,10,16H,3,5,9,11H2,(H,22,25)/t16-/m0/s1. The number of likely N-dealkylation sites (tertiary alicyclic amines) is 1. The van der Waals surface area contributed by atoms with Crippen LogP contribution in [0.1, 0.15) is 23.9 Å². The van der Waals surface area contributed by atoms with Crippen LogP contribution in [0.25, 0.3) is 10.2 Å². The van der Waals surface area contributed by atoms with Crippen LogP contribution in [0, 0.1) is 5.82 Å². The SMILES string of the molecule is O=C(CN1CCC[C@H]1c1nc2ccccc2s1)Nc1ccc(Cl)cc1F. The summed E-state index contributed by atoms with van der Waals surface area (Å²) in [5.74, 6) is -0.769. The molecule has 0 bridgehead atoms. The molecule has 1 aliphatic heterocycles. The van der Waals surface area contributed by atoms with Crippen LogP contribution in [0.5, 0.6) is 0 Å². The molecule has 1 amide bonds. The van der Waals surface area contributed by atoms with Crippen LogP contribution in [0.2, 0.25) is 5.02 Å². The molecule has 1 aromatic heterocycles. The molecule has 0 saturated carbocycles. The lowest BCUT2D eigenvalue weighted by atomic mass is 10.2. The second-order valence-corrected chi connectivity index (χ2v) is 7.82. The Kier molecular flexibility index (Phi) is 4.89. The van der Waals surface area contributed by atoms with Crippen molar-refractivity contribution in [1.82, 2.24) is 9.88 Å². The van der Waals surface area contributed by atoms with Gasteiger partial charge >= 0.3 is 0 Å². The summed E-state index contributed by atoms with van der Waals surface area (Å²) in [4.78, 5) is 19.2. The first-order chi connectivity index (χ1) is 12.6. The normalized spacial score (nSPS) is 17.7. The van der Waals surface area contributed by atoms with E-state index in [1.807, 2.05) is 18.2 Å². The Morgan fingerprint density at radius 2 is 2.19 bits per heavy atom. The predicted octanol–water partition coefficient (Wildman–Crippen LogP) is 4.86. The number of fused-ring (bicyclic) bond motifs is 1. The number of halogens is 2. The zero-order valence-corrected chi connectivity index (χ0v) is 15.5. The second kappa shape index (κ2) is 7.31. The van der Waals surface area contributed by atoms with Gasteiger partial charge in [0, 0.05) is 5.02 Å². The number of para-hydroxylation sites is 1. The number of nitrogens with zero attached hydrogens (tertiary/aromatic N) is 2. The van der Waals surface area contributed by atoms with Crippen LogP contribution >= 0.6 is 22.9 Å². The third-order valence-electron chi connectivity index (χ3n) is 4.51. The van der Waals surface area contributed by atoms with Gasteiger partial charge in [0.2, 0.25) is 5.91 Å². The first kappa shape index (κ1) is 17.4. The molecule has 134 valence electrons. The number of hydrogen-bond acceptors (Lipinski definition) is 4. The fourth-order valence-electron chi connectivity index (χ4n) is 3.29. The topological polar surface area (TPSA) is 45.2 Å². The third-order valence-corrected chi connectivity index (χ3v) is 5.88. The molecule has 26 heavy (non-hydrogen) atoms. The van der Waals surface area contributed by atoms with E-state index in [9.17, 15) is 9.18 Å². The summed E-state index contributed by atoms with van der Waals surface area (Å²) in [6.07, 6.45) is 1.99. The van der Waals surface area contributed by atoms with Crippen molar-refractivity contribution in [3.05, 3.63) is 58.3 Å². The average Bonchev–Trinajstić information content (AvgIpc) is 3.23. The van der Waals surface area contributed by atoms with Crippen LogP contribution in [-0.2, 0) is 4.79 Å². The van der Waals surface area contributed by atoms with E-state index in [-0.39, 0.29) is 24.2 Å². The minimum absolute atomic E-state index is 0.133. The Bertz CT molecular complexity index is 928. The molecule has 2 heterocycles.